The van der Waals surface area contributed by atoms with Crippen LogP contribution < -0.4 is 0 Å². The molecular weight excluding hydrogens is 280 g/mol. The average Bonchev–Trinajstić information content (AvgIpc) is 2.46. The first-order valence-electron chi connectivity index (χ1n) is 7.28. The van der Waals surface area contributed by atoms with Gasteiger partial charge in [0.1, 0.15) is 5.75 Å². The van der Waals surface area contributed by atoms with E-state index in [0.717, 1.165) is 10.9 Å². The number of esters is 1. The number of hydrogen-bond acceptors (Lipinski definition) is 4. The van der Waals surface area contributed by atoms with Crippen molar-refractivity contribution in [1.29, 1.82) is 0 Å². The molecule has 1 atom stereocenters. The molecule has 0 heterocycles. The molecule has 0 aromatic heterocycles. The third-order valence-electron chi connectivity index (χ3n) is 3.66. The van der Waals surface area contributed by atoms with Crippen LogP contribution in [-0.4, -0.2) is 23.5 Å². The number of carbonyl (C=O) groups is 2. The number of rotatable bonds is 5. The maximum atomic E-state index is 12.3. The molecule has 0 fully saturated rings. The summed E-state index contributed by atoms with van der Waals surface area (Å²) in [6, 6.07) is 9.13. The summed E-state index contributed by atoms with van der Waals surface area (Å²) in [4.78, 5) is 23.1. The lowest BCUT2D eigenvalue weighted by atomic mass is 9.95. The zero-order chi connectivity index (χ0) is 16.3. The molecule has 0 aliphatic heterocycles. The van der Waals surface area contributed by atoms with E-state index in [1.54, 1.807) is 12.1 Å². The lowest BCUT2D eigenvalue weighted by molar-refractivity contribution is -0.142. The van der Waals surface area contributed by atoms with Gasteiger partial charge in [-0.1, -0.05) is 31.2 Å². The number of fused-ring (bicyclic) bond motifs is 1. The molecule has 0 amide bonds. The monoisotopic (exact) mass is 300 g/mol. The van der Waals surface area contributed by atoms with E-state index in [-0.39, 0.29) is 36.4 Å². The van der Waals surface area contributed by atoms with Gasteiger partial charge in [0.15, 0.2) is 5.78 Å². The van der Waals surface area contributed by atoms with Crippen molar-refractivity contribution in [3.05, 3.63) is 41.5 Å². The Kier molecular flexibility index (Phi) is 4.81. The van der Waals surface area contributed by atoms with Crippen LogP contribution in [0.4, 0.5) is 0 Å². The van der Waals surface area contributed by atoms with Gasteiger partial charge in [0.25, 0.3) is 0 Å². The minimum atomic E-state index is -0.358. The van der Waals surface area contributed by atoms with Crippen LogP contribution in [0.25, 0.3) is 10.8 Å². The van der Waals surface area contributed by atoms with Crippen molar-refractivity contribution in [3.8, 4) is 5.75 Å². The quantitative estimate of drug-likeness (QED) is 0.676. The first-order chi connectivity index (χ1) is 10.4. The molecule has 22 heavy (non-hydrogen) atoms. The number of benzene rings is 2. The highest BCUT2D eigenvalue weighted by Gasteiger charge is 2.17. The summed E-state index contributed by atoms with van der Waals surface area (Å²) in [7, 11) is 0. The Bertz CT molecular complexity index is 718. The van der Waals surface area contributed by atoms with E-state index in [4.69, 9.17) is 4.74 Å². The molecule has 0 radical (unpaired) electrons. The van der Waals surface area contributed by atoms with E-state index in [0.29, 0.717) is 10.9 Å². The van der Waals surface area contributed by atoms with Crippen molar-refractivity contribution in [2.75, 3.05) is 6.61 Å². The number of hydrogen-bond donors (Lipinski definition) is 1. The van der Waals surface area contributed by atoms with Crippen LogP contribution in [0.15, 0.2) is 30.3 Å². The number of aromatic hydroxyl groups is 1. The molecule has 0 aliphatic rings. The molecule has 2 aromatic carbocycles. The molecule has 4 heteroatoms. The van der Waals surface area contributed by atoms with E-state index < -0.39 is 0 Å². The number of phenols is 1. The van der Waals surface area contributed by atoms with E-state index in [1.165, 1.54) is 6.92 Å². The number of aryl methyl sites for hydroxylation is 1. The number of ketones is 1. The molecule has 0 unspecified atom stereocenters. The van der Waals surface area contributed by atoms with E-state index in [1.807, 2.05) is 32.0 Å². The zero-order valence-electron chi connectivity index (χ0n) is 13.1. The summed E-state index contributed by atoms with van der Waals surface area (Å²) in [5.74, 6) is -0.584. The van der Waals surface area contributed by atoms with Crippen LogP contribution in [0.3, 0.4) is 0 Å². The molecule has 0 spiro atoms. The molecule has 2 rings (SSSR count). The van der Waals surface area contributed by atoms with Crippen LogP contribution in [-0.2, 0) is 9.53 Å². The summed E-state index contributed by atoms with van der Waals surface area (Å²) < 4.78 is 4.90. The highest BCUT2D eigenvalue weighted by atomic mass is 16.5. The van der Waals surface area contributed by atoms with Crippen molar-refractivity contribution in [1.82, 2.24) is 0 Å². The molecule has 0 aliphatic carbocycles. The van der Waals surface area contributed by atoms with Gasteiger partial charge in [0, 0.05) is 18.7 Å². The molecule has 0 bridgehead atoms. The fraction of sp³-hybridized carbons (Fsp3) is 0.333. The van der Waals surface area contributed by atoms with Gasteiger partial charge in [-0.2, -0.15) is 0 Å². The molecular formula is C18H20O4. The van der Waals surface area contributed by atoms with Gasteiger partial charge >= 0.3 is 5.97 Å². The largest absolute Gasteiger partial charge is 0.507 e. The summed E-state index contributed by atoms with van der Waals surface area (Å²) in [5.41, 5.74) is 1.36. The Hall–Kier alpha value is -2.36. The van der Waals surface area contributed by atoms with Gasteiger partial charge in [0.05, 0.1) is 12.2 Å². The Morgan fingerprint density at radius 1 is 1.18 bits per heavy atom. The predicted molar refractivity (Wildman–Crippen MR) is 85.1 cm³/mol. The number of phenolic OH excluding ortho intramolecular Hbond substituents is 1. The van der Waals surface area contributed by atoms with Gasteiger partial charge in [-0.25, -0.2) is 0 Å². The zero-order valence-corrected chi connectivity index (χ0v) is 13.1. The Morgan fingerprint density at radius 3 is 2.59 bits per heavy atom. The normalized spacial score (nSPS) is 12.1. The fourth-order valence-corrected chi connectivity index (χ4v) is 2.47. The maximum absolute atomic E-state index is 12.3. The second-order valence-corrected chi connectivity index (χ2v) is 5.67. The Balaban J connectivity index is 2.22. The molecule has 116 valence electrons. The van der Waals surface area contributed by atoms with Crippen LogP contribution in [0, 0.1) is 12.8 Å². The Morgan fingerprint density at radius 2 is 1.91 bits per heavy atom. The van der Waals surface area contributed by atoms with Crippen molar-refractivity contribution >= 4 is 22.5 Å². The number of carbonyl (C=O) groups excluding carboxylic acids is 2. The topological polar surface area (TPSA) is 63.6 Å². The van der Waals surface area contributed by atoms with Crippen molar-refractivity contribution in [2.24, 2.45) is 5.92 Å². The Labute approximate surface area is 129 Å². The summed E-state index contributed by atoms with van der Waals surface area (Å²) in [5, 5.41) is 12.0. The first kappa shape index (κ1) is 16.0. The van der Waals surface area contributed by atoms with Crippen LogP contribution in [0.2, 0.25) is 0 Å². The lowest BCUT2D eigenvalue weighted by Crippen LogP contribution is -2.14. The van der Waals surface area contributed by atoms with Gasteiger partial charge in [-0.05, 0) is 29.9 Å². The summed E-state index contributed by atoms with van der Waals surface area (Å²) in [6.07, 6.45) is 0.220. The summed E-state index contributed by atoms with van der Waals surface area (Å²) in [6.45, 7) is 5.34. The lowest BCUT2D eigenvalue weighted by Gasteiger charge is -2.12. The second kappa shape index (κ2) is 6.60. The van der Waals surface area contributed by atoms with E-state index >= 15 is 0 Å². The smallest absolute Gasteiger partial charge is 0.302 e. The van der Waals surface area contributed by atoms with Crippen molar-refractivity contribution in [3.63, 3.8) is 0 Å². The fourth-order valence-electron chi connectivity index (χ4n) is 2.47. The average molecular weight is 300 g/mol. The van der Waals surface area contributed by atoms with Gasteiger partial charge in [0.2, 0.25) is 0 Å². The highest BCUT2D eigenvalue weighted by Crippen LogP contribution is 2.31. The van der Waals surface area contributed by atoms with Gasteiger partial charge in [-0.3, -0.25) is 9.59 Å². The first-order valence-corrected chi connectivity index (χ1v) is 7.28. The maximum Gasteiger partial charge on any atom is 0.302 e. The number of Topliss-reactive ketones (excluding diaryl/α,β-unsaturated/α-hetero) is 1. The van der Waals surface area contributed by atoms with Crippen LogP contribution in [0.1, 0.15) is 36.2 Å². The molecule has 2 aromatic rings. The minimum absolute atomic E-state index is 0.0193. The predicted octanol–water partition coefficient (Wildman–Crippen LogP) is 3.63. The third kappa shape index (κ3) is 3.45. The van der Waals surface area contributed by atoms with Crippen LogP contribution in [0.5, 0.6) is 5.75 Å². The SMILES string of the molecule is CC(=O)OC[C@H](C)CC(=O)c1ccc2c(C)cccc2c1O. The second-order valence-electron chi connectivity index (χ2n) is 5.67. The molecule has 0 saturated heterocycles. The molecule has 0 saturated carbocycles. The summed E-state index contributed by atoms with van der Waals surface area (Å²) >= 11 is 0. The van der Waals surface area contributed by atoms with Crippen molar-refractivity contribution < 1.29 is 19.4 Å². The van der Waals surface area contributed by atoms with Gasteiger partial charge < -0.3 is 9.84 Å². The van der Waals surface area contributed by atoms with E-state index in [2.05, 4.69) is 0 Å². The van der Waals surface area contributed by atoms with Gasteiger partial charge in [-0.15, -0.1) is 0 Å². The highest BCUT2D eigenvalue weighted by molar-refractivity contribution is 6.05. The molecule has 4 nitrogen and oxygen atoms in total. The minimum Gasteiger partial charge on any atom is -0.507 e. The number of ether oxygens (including phenoxy) is 1. The third-order valence-corrected chi connectivity index (χ3v) is 3.66. The molecule has 1 N–H and O–H groups in total. The standard InChI is InChI=1S/C18H20O4/c1-11(10-22-13(3)19)9-17(20)16-8-7-14-12(2)5-4-6-15(14)18(16)21/h4-8,11,21H,9-10H2,1-3H3/t11-/m1/s1. The van der Waals surface area contributed by atoms with E-state index in [9.17, 15) is 14.7 Å². The van der Waals surface area contributed by atoms with Crippen molar-refractivity contribution in [2.45, 2.75) is 27.2 Å². The van der Waals surface area contributed by atoms with Crippen LogP contribution >= 0.6 is 0 Å².